The highest BCUT2D eigenvalue weighted by Crippen LogP contribution is 2.39. The highest BCUT2D eigenvalue weighted by atomic mass is 32.1. The fourth-order valence-corrected chi connectivity index (χ4v) is 4.26. The molecule has 0 fully saturated rings. The van der Waals surface area contributed by atoms with Gasteiger partial charge in [0.2, 0.25) is 5.91 Å². The molecular weight excluding hydrogens is 454 g/mol. The minimum atomic E-state index is -0.519. The van der Waals surface area contributed by atoms with E-state index in [2.05, 4.69) is 5.32 Å². The van der Waals surface area contributed by atoms with Crippen LogP contribution in [0.1, 0.15) is 29.8 Å². The number of thiophene rings is 1. The number of hydrogen-bond donors (Lipinski definition) is 1. The van der Waals surface area contributed by atoms with Crippen molar-refractivity contribution in [1.29, 1.82) is 0 Å². The minimum Gasteiger partial charge on any atom is -0.493 e. The Morgan fingerprint density at radius 3 is 2.44 bits per heavy atom. The number of nitrogens with one attached hydrogen (secondary N) is 1. The lowest BCUT2D eigenvalue weighted by atomic mass is 10.0. The molecule has 0 aliphatic rings. The van der Waals surface area contributed by atoms with Gasteiger partial charge in [-0.2, -0.15) is 0 Å². The molecule has 0 aliphatic heterocycles. The second kappa shape index (κ2) is 11.9. The van der Waals surface area contributed by atoms with Crippen molar-refractivity contribution < 1.29 is 28.5 Å². The summed E-state index contributed by atoms with van der Waals surface area (Å²) in [6, 6.07) is 12.8. The van der Waals surface area contributed by atoms with E-state index in [1.807, 2.05) is 37.3 Å². The van der Waals surface area contributed by atoms with Gasteiger partial charge in [0.1, 0.15) is 16.3 Å². The smallest absolute Gasteiger partial charge is 0.341 e. The van der Waals surface area contributed by atoms with Gasteiger partial charge in [-0.25, -0.2) is 4.79 Å². The average molecular weight is 482 g/mol. The van der Waals surface area contributed by atoms with Crippen LogP contribution in [-0.2, 0) is 9.53 Å². The zero-order valence-electron chi connectivity index (χ0n) is 19.5. The van der Waals surface area contributed by atoms with Gasteiger partial charge in [-0.05, 0) is 43.7 Å². The molecule has 0 aliphatic carbocycles. The molecule has 0 bridgehead atoms. The number of anilines is 1. The number of esters is 1. The number of carbonyl (C=O) groups is 2. The third-order valence-electron chi connectivity index (χ3n) is 4.83. The maximum absolute atomic E-state index is 12.8. The molecule has 2 aromatic carbocycles. The predicted octanol–water partition coefficient (Wildman–Crippen LogP) is 5.66. The SMILES string of the molecule is CCOC(=O)c1c(-c2ccc(OC)c(OC)c2)csc1NC(=O)/C=C/c1ccccc1OCC. The molecule has 0 atom stereocenters. The average Bonchev–Trinajstić information content (AvgIpc) is 3.26. The third kappa shape index (κ3) is 5.77. The topological polar surface area (TPSA) is 83.1 Å². The number of methoxy groups -OCH3 is 2. The fourth-order valence-electron chi connectivity index (χ4n) is 3.30. The summed E-state index contributed by atoms with van der Waals surface area (Å²) >= 11 is 1.25. The highest BCUT2D eigenvalue weighted by molar-refractivity contribution is 7.15. The number of rotatable bonds is 10. The zero-order chi connectivity index (χ0) is 24.5. The number of hydrogen-bond acceptors (Lipinski definition) is 7. The maximum Gasteiger partial charge on any atom is 0.341 e. The lowest BCUT2D eigenvalue weighted by Crippen LogP contribution is -2.12. The van der Waals surface area contributed by atoms with Crippen molar-refractivity contribution in [2.24, 2.45) is 0 Å². The molecule has 1 amide bonds. The Kier molecular flexibility index (Phi) is 8.70. The largest absolute Gasteiger partial charge is 0.493 e. The van der Waals surface area contributed by atoms with E-state index in [9.17, 15) is 9.59 Å². The number of para-hydroxylation sites is 1. The zero-order valence-corrected chi connectivity index (χ0v) is 20.4. The van der Waals surface area contributed by atoms with Crippen LogP contribution in [0.15, 0.2) is 53.9 Å². The second-order valence-electron chi connectivity index (χ2n) is 6.94. The van der Waals surface area contributed by atoms with Gasteiger partial charge >= 0.3 is 5.97 Å². The Morgan fingerprint density at radius 2 is 1.74 bits per heavy atom. The normalized spacial score (nSPS) is 10.7. The third-order valence-corrected chi connectivity index (χ3v) is 5.73. The number of carbonyl (C=O) groups excluding carboxylic acids is 2. The van der Waals surface area contributed by atoms with Crippen LogP contribution in [0, 0.1) is 0 Å². The summed E-state index contributed by atoms with van der Waals surface area (Å²) in [5.41, 5.74) is 2.43. The van der Waals surface area contributed by atoms with Gasteiger partial charge in [0.15, 0.2) is 11.5 Å². The molecular formula is C26H27NO6S. The van der Waals surface area contributed by atoms with E-state index in [4.69, 9.17) is 18.9 Å². The summed E-state index contributed by atoms with van der Waals surface area (Å²) in [6.45, 7) is 4.36. The lowest BCUT2D eigenvalue weighted by molar-refractivity contribution is -0.111. The Bertz CT molecular complexity index is 1180. The summed E-state index contributed by atoms with van der Waals surface area (Å²) in [5.74, 6) is 0.896. The molecule has 34 heavy (non-hydrogen) atoms. The number of ether oxygens (including phenoxy) is 4. The first-order valence-electron chi connectivity index (χ1n) is 10.7. The second-order valence-corrected chi connectivity index (χ2v) is 7.82. The van der Waals surface area contributed by atoms with Gasteiger partial charge in [0, 0.05) is 22.6 Å². The van der Waals surface area contributed by atoms with Crippen molar-refractivity contribution in [3.05, 3.63) is 65.0 Å². The molecule has 0 saturated heterocycles. The molecule has 0 unspecified atom stereocenters. The van der Waals surface area contributed by atoms with Crippen LogP contribution in [0.4, 0.5) is 5.00 Å². The van der Waals surface area contributed by atoms with Crippen LogP contribution in [0.5, 0.6) is 17.2 Å². The molecule has 0 saturated carbocycles. The van der Waals surface area contributed by atoms with E-state index in [0.29, 0.717) is 34.4 Å². The summed E-state index contributed by atoms with van der Waals surface area (Å²) in [7, 11) is 3.10. The molecule has 0 spiro atoms. The van der Waals surface area contributed by atoms with Gasteiger partial charge in [-0.1, -0.05) is 24.3 Å². The van der Waals surface area contributed by atoms with Gasteiger partial charge < -0.3 is 24.3 Å². The summed E-state index contributed by atoms with van der Waals surface area (Å²) < 4.78 is 21.6. The summed E-state index contributed by atoms with van der Waals surface area (Å²) in [5, 5.41) is 5.01. The molecule has 1 N–H and O–H groups in total. The van der Waals surface area contributed by atoms with Crippen LogP contribution >= 0.6 is 11.3 Å². The van der Waals surface area contributed by atoms with E-state index in [-0.39, 0.29) is 18.1 Å². The lowest BCUT2D eigenvalue weighted by Gasteiger charge is -2.11. The van der Waals surface area contributed by atoms with Gasteiger partial charge in [0.25, 0.3) is 0 Å². The van der Waals surface area contributed by atoms with Crippen LogP contribution in [0.25, 0.3) is 17.2 Å². The van der Waals surface area contributed by atoms with E-state index in [0.717, 1.165) is 11.1 Å². The summed E-state index contributed by atoms with van der Waals surface area (Å²) in [4.78, 5) is 25.5. The fraction of sp³-hybridized carbons (Fsp3) is 0.231. The Labute approximate surface area is 202 Å². The van der Waals surface area contributed by atoms with Crippen LogP contribution < -0.4 is 19.5 Å². The van der Waals surface area contributed by atoms with Gasteiger partial charge in [-0.15, -0.1) is 11.3 Å². The highest BCUT2D eigenvalue weighted by Gasteiger charge is 2.23. The van der Waals surface area contributed by atoms with Crippen molar-refractivity contribution in [2.45, 2.75) is 13.8 Å². The van der Waals surface area contributed by atoms with Crippen molar-refractivity contribution in [3.63, 3.8) is 0 Å². The Morgan fingerprint density at radius 1 is 0.971 bits per heavy atom. The van der Waals surface area contributed by atoms with Gasteiger partial charge in [-0.3, -0.25) is 4.79 Å². The molecule has 7 nitrogen and oxygen atoms in total. The molecule has 3 rings (SSSR count). The van der Waals surface area contributed by atoms with E-state index in [1.165, 1.54) is 17.4 Å². The maximum atomic E-state index is 12.8. The minimum absolute atomic E-state index is 0.210. The molecule has 1 aromatic heterocycles. The van der Waals surface area contributed by atoms with Gasteiger partial charge in [0.05, 0.1) is 27.4 Å². The Hall–Kier alpha value is -3.78. The van der Waals surface area contributed by atoms with Crippen molar-refractivity contribution >= 4 is 34.3 Å². The number of benzene rings is 2. The van der Waals surface area contributed by atoms with Crippen LogP contribution in [-0.4, -0.2) is 39.3 Å². The Balaban J connectivity index is 1.91. The number of amides is 1. The molecule has 8 heteroatoms. The van der Waals surface area contributed by atoms with Crippen molar-refractivity contribution in [1.82, 2.24) is 0 Å². The van der Waals surface area contributed by atoms with Crippen molar-refractivity contribution in [2.75, 3.05) is 32.8 Å². The van der Waals surface area contributed by atoms with E-state index >= 15 is 0 Å². The van der Waals surface area contributed by atoms with E-state index < -0.39 is 5.97 Å². The molecule has 178 valence electrons. The molecule has 3 aromatic rings. The molecule has 0 radical (unpaired) electrons. The standard InChI is InChI=1S/C26H27NO6S/c1-5-32-20-10-8-7-9-17(20)12-14-23(28)27-25-24(26(29)33-6-2)19(16-34-25)18-11-13-21(30-3)22(15-18)31-4/h7-16H,5-6H2,1-4H3,(H,27,28)/b14-12+. The van der Waals surface area contributed by atoms with Crippen LogP contribution in [0.2, 0.25) is 0 Å². The molecule has 1 heterocycles. The summed E-state index contributed by atoms with van der Waals surface area (Å²) in [6.07, 6.45) is 3.08. The first-order chi connectivity index (χ1) is 16.5. The van der Waals surface area contributed by atoms with E-state index in [1.54, 1.807) is 44.7 Å². The predicted molar refractivity (Wildman–Crippen MR) is 134 cm³/mol. The first kappa shape index (κ1) is 24.9. The van der Waals surface area contributed by atoms with Crippen LogP contribution in [0.3, 0.4) is 0 Å². The monoisotopic (exact) mass is 481 g/mol. The first-order valence-corrected chi connectivity index (χ1v) is 11.6. The quantitative estimate of drug-likeness (QED) is 0.297. The van der Waals surface area contributed by atoms with Crippen molar-refractivity contribution in [3.8, 4) is 28.4 Å².